The van der Waals surface area contributed by atoms with Crippen LogP contribution in [0.15, 0.2) is 84.6 Å². The van der Waals surface area contributed by atoms with Crippen molar-refractivity contribution >= 4 is 17.0 Å². The van der Waals surface area contributed by atoms with Crippen LogP contribution in [0.3, 0.4) is 0 Å². The smallest absolute Gasteiger partial charge is 0.210 e. The lowest BCUT2D eigenvalue weighted by atomic mass is 9.98. The number of carbonyl (C=O) groups excluding carboxylic acids is 1. The first-order valence-corrected chi connectivity index (χ1v) is 8.13. The highest BCUT2D eigenvalue weighted by atomic mass is 16.5. The molecule has 0 unspecified atom stereocenters. The number of anilines is 1. The Morgan fingerprint density at radius 2 is 1.40 bits per heavy atom. The average Bonchev–Trinajstić information content (AvgIpc) is 2.95. The molecular formula is C22H17NO2. The van der Waals surface area contributed by atoms with Gasteiger partial charge in [-0.05, 0) is 35.4 Å². The summed E-state index contributed by atoms with van der Waals surface area (Å²) in [6.07, 6.45) is 0. The van der Waals surface area contributed by atoms with Crippen molar-refractivity contribution in [3.8, 4) is 5.75 Å². The standard InChI is InChI=1S/C22H17NO2/c1-25-17-13-11-15(12-14-17)20-18-9-5-6-10-19(18)22(24)21(20)23-16-7-3-2-4-8-16/h2-14H,1H3,(H,23,24). The second-order valence-electron chi connectivity index (χ2n) is 5.84. The Morgan fingerprint density at radius 3 is 2.08 bits per heavy atom. The maximum absolute atomic E-state index is 13.0. The van der Waals surface area contributed by atoms with Gasteiger partial charge in [0.1, 0.15) is 5.75 Å². The van der Waals surface area contributed by atoms with Gasteiger partial charge in [0.05, 0.1) is 12.8 Å². The average molecular weight is 327 g/mol. The van der Waals surface area contributed by atoms with Gasteiger partial charge < -0.3 is 10.1 Å². The molecule has 0 heterocycles. The van der Waals surface area contributed by atoms with Crippen LogP contribution in [0.5, 0.6) is 5.75 Å². The zero-order chi connectivity index (χ0) is 17.2. The summed E-state index contributed by atoms with van der Waals surface area (Å²) in [7, 11) is 1.64. The molecule has 25 heavy (non-hydrogen) atoms. The number of carbonyl (C=O) groups is 1. The van der Waals surface area contributed by atoms with E-state index in [9.17, 15) is 4.79 Å². The summed E-state index contributed by atoms with van der Waals surface area (Å²) in [5, 5.41) is 3.31. The lowest BCUT2D eigenvalue weighted by Gasteiger charge is -2.11. The highest BCUT2D eigenvalue weighted by molar-refractivity contribution is 6.24. The molecule has 0 aromatic heterocycles. The quantitative estimate of drug-likeness (QED) is 0.750. The molecule has 0 radical (unpaired) electrons. The Balaban J connectivity index is 1.86. The van der Waals surface area contributed by atoms with Crippen LogP contribution in [0.2, 0.25) is 0 Å². The number of fused-ring (bicyclic) bond motifs is 1. The summed E-state index contributed by atoms with van der Waals surface area (Å²) < 4.78 is 5.25. The van der Waals surface area contributed by atoms with Gasteiger partial charge in [0.2, 0.25) is 5.78 Å². The number of hydrogen-bond donors (Lipinski definition) is 1. The number of para-hydroxylation sites is 1. The van der Waals surface area contributed by atoms with Crippen molar-refractivity contribution in [3.05, 3.63) is 101 Å². The van der Waals surface area contributed by atoms with Crippen molar-refractivity contribution in [3.63, 3.8) is 0 Å². The minimum Gasteiger partial charge on any atom is -0.497 e. The molecule has 122 valence electrons. The van der Waals surface area contributed by atoms with Gasteiger partial charge >= 0.3 is 0 Å². The van der Waals surface area contributed by atoms with Crippen LogP contribution in [0.1, 0.15) is 21.5 Å². The molecule has 1 aliphatic rings. The van der Waals surface area contributed by atoms with E-state index in [0.717, 1.165) is 33.7 Å². The van der Waals surface area contributed by atoms with E-state index in [1.165, 1.54) is 0 Å². The van der Waals surface area contributed by atoms with Crippen LogP contribution in [0, 0.1) is 0 Å². The summed E-state index contributed by atoms with van der Waals surface area (Å²) >= 11 is 0. The van der Waals surface area contributed by atoms with E-state index in [4.69, 9.17) is 4.74 Å². The molecule has 0 saturated heterocycles. The van der Waals surface area contributed by atoms with E-state index in [1.807, 2.05) is 78.9 Å². The number of benzene rings is 3. The summed E-state index contributed by atoms with van der Waals surface area (Å²) in [4.78, 5) is 13.0. The van der Waals surface area contributed by atoms with E-state index in [1.54, 1.807) is 7.11 Å². The van der Waals surface area contributed by atoms with E-state index in [0.29, 0.717) is 5.70 Å². The third-order valence-corrected chi connectivity index (χ3v) is 4.34. The fourth-order valence-corrected chi connectivity index (χ4v) is 3.12. The van der Waals surface area contributed by atoms with E-state index >= 15 is 0 Å². The first kappa shape index (κ1) is 15.2. The fourth-order valence-electron chi connectivity index (χ4n) is 3.12. The fraction of sp³-hybridized carbons (Fsp3) is 0.0455. The number of ether oxygens (including phenoxy) is 1. The maximum Gasteiger partial charge on any atom is 0.210 e. The van der Waals surface area contributed by atoms with Crippen molar-refractivity contribution in [2.24, 2.45) is 0 Å². The molecule has 3 heteroatoms. The molecule has 3 aromatic carbocycles. The predicted molar refractivity (Wildman–Crippen MR) is 99.9 cm³/mol. The first-order valence-electron chi connectivity index (χ1n) is 8.13. The van der Waals surface area contributed by atoms with Gasteiger partial charge in [-0.15, -0.1) is 0 Å². The molecule has 0 atom stereocenters. The monoisotopic (exact) mass is 327 g/mol. The van der Waals surface area contributed by atoms with Crippen LogP contribution < -0.4 is 10.1 Å². The summed E-state index contributed by atoms with van der Waals surface area (Å²) in [6.45, 7) is 0. The van der Waals surface area contributed by atoms with Crippen molar-refractivity contribution in [1.82, 2.24) is 0 Å². The van der Waals surface area contributed by atoms with Crippen LogP contribution >= 0.6 is 0 Å². The predicted octanol–water partition coefficient (Wildman–Crippen LogP) is 4.76. The van der Waals surface area contributed by atoms with E-state index < -0.39 is 0 Å². The minimum absolute atomic E-state index is 0.0188. The summed E-state index contributed by atoms with van der Waals surface area (Å²) in [6, 6.07) is 25.3. The van der Waals surface area contributed by atoms with Gasteiger partial charge in [-0.2, -0.15) is 0 Å². The van der Waals surface area contributed by atoms with Crippen LogP contribution in [-0.2, 0) is 0 Å². The van der Waals surface area contributed by atoms with Gasteiger partial charge in [-0.25, -0.2) is 0 Å². The normalized spacial score (nSPS) is 12.9. The zero-order valence-corrected chi connectivity index (χ0v) is 13.8. The maximum atomic E-state index is 13.0. The van der Waals surface area contributed by atoms with Gasteiger partial charge in [-0.1, -0.05) is 54.6 Å². The Morgan fingerprint density at radius 1 is 0.760 bits per heavy atom. The Kier molecular flexibility index (Phi) is 3.82. The molecule has 0 aliphatic heterocycles. The minimum atomic E-state index is 0.0188. The number of hydrogen-bond acceptors (Lipinski definition) is 3. The molecule has 4 rings (SSSR count). The number of rotatable bonds is 4. The topological polar surface area (TPSA) is 38.3 Å². The second-order valence-corrected chi connectivity index (χ2v) is 5.84. The Labute approximate surface area is 146 Å². The molecule has 1 aliphatic carbocycles. The zero-order valence-electron chi connectivity index (χ0n) is 13.8. The largest absolute Gasteiger partial charge is 0.497 e. The molecule has 0 fully saturated rings. The van der Waals surface area contributed by atoms with Crippen molar-refractivity contribution in [2.45, 2.75) is 0 Å². The van der Waals surface area contributed by atoms with Gasteiger partial charge in [0, 0.05) is 16.8 Å². The first-order chi connectivity index (χ1) is 12.3. The lowest BCUT2D eigenvalue weighted by Crippen LogP contribution is -2.08. The van der Waals surface area contributed by atoms with Gasteiger partial charge in [0.25, 0.3) is 0 Å². The summed E-state index contributed by atoms with van der Waals surface area (Å²) in [5.74, 6) is 0.810. The molecular weight excluding hydrogens is 310 g/mol. The molecule has 1 N–H and O–H groups in total. The van der Waals surface area contributed by atoms with Gasteiger partial charge in [0.15, 0.2) is 0 Å². The number of Topliss-reactive ketones (excluding diaryl/α,β-unsaturated/α-hetero) is 1. The SMILES string of the molecule is COc1ccc(C2=C(Nc3ccccc3)C(=O)c3ccccc32)cc1. The van der Waals surface area contributed by atoms with Crippen molar-refractivity contribution in [1.29, 1.82) is 0 Å². The molecule has 0 spiro atoms. The van der Waals surface area contributed by atoms with Crippen LogP contribution in [-0.4, -0.2) is 12.9 Å². The molecule has 3 aromatic rings. The number of ketones is 1. The highest BCUT2D eigenvalue weighted by Gasteiger charge is 2.30. The summed E-state index contributed by atoms with van der Waals surface area (Å²) in [5.41, 5.74) is 5.09. The molecule has 0 bridgehead atoms. The molecule has 0 amide bonds. The number of nitrogens with one attached hydrogen (secondary N) is 1. The Hall–Kier alpha value is -3.33. The van der Waals surface area contributed by atoms with Gasteiger partial charge in [-0.3, -0.25) is 4.79 Å². The number of allylic oxidation sites excluding steroid dienone is 1. The van der Waals surface area contributed by atoms with Crippen molar-refractivity contribution < 1.29 is 9.53 Å². The molecule has 3 nitrogen and oxygen atoms in total. The third-order valence-electron chi connectivity index (χ3n) is 4.34. The van der Waals surface area contributed by atoms with E-state index in [2.05, 4.69) is 5.32 Å². The number of methoxy groups -OCH3 is 1. The Bertz CT molecular complexity index is 957. The molecule has 0 saturated carbocycles. The van der Waals surface area contributed by atoms with Crippen molar-refractivity contribution in [2.75, 3.05) is 12.4 Å². The second kappa shape index (κ2) is 6.29. The van der Waals surface area contributed by atoms with Crippen LogP contribution in [0.4, 0.5) is 5.69 Å². The third kappa shape index (κ3) is 2.70. The van der Waals surface area contributed by atoms with E-state index in [-0.39, 0.29) is 5.78 Å². The lowest BCUT2D eigenvalue weighted by molar-refractivity contribution is 0.103. The highest BCUT2D eigenvalue weighted by Crippen LogP contribution is 2.38. The van der Waals surface area contributed by atoms with Crippen LogP contribution in [0.25, 0.3) is 5.57 Å².